The van der Waals surface area contributed by atoms with Gasteiger partial charge in [0.2, 0.25) is 0 Å². The maximum atomic E-state index is 4.86. The van der Waals surface area contributed by atoms with Crippen molar-refractivity contribution in [2.75, 3.05) is 0 Å². The molecule has 4 rings (SSSR count). The van der Waals surface area contributed by atoms with E-state index in [2.05, 4.69) is 60.0 Å². The molecule has 0 saturated heterocycles. The predicted octanol–water partition coefficient (Wildman–Crippen LogP) is 1.27. The third kappa shape index (κ3) is 2.68. The molecule has 0 N–H and O–H groups in total. The summed E-state index contributed by atoms with van der Waals surface area (Å²) >= 11 is 0. The predicted molar refractivity (Wildman–Crippen MR) is 82.0 cm³/mol. The Morgan fingerprint density at radius 3 is 2.67 bits per heavy atom. The number of imidazole rings is 1. The minimum atomic E-state index is 0. The van der Waals surface area contributed by atoms with Crippen LogP contribution < -0.4 is 12.4 Å². The molecule has 2 aromatic carbocycles. The van der Waals surface area contributed by atoms with Crippen molar-refractivity contribution in [1.29, 1.82) is 0 Å². The van der Waals surface area contributed by atoms with Crippen LogP contribution in [0.3, 0.4) is 0 Å². The number of benzene rings is 2. The lowest BCUT2D eigenvalue weighted by Crippen LogP contribution is -3.00. The van der Waals surface area contributed by atoms with Crippen molar-refractivity contribution in [2.24, 2.45) is 0 Å². The van der Waals surface area contributed by atoms with E-state index in [1.54, 1.807) is 0 Å². The largest absolute Gasteiger partial charge is 1.00 e. The number of aromatic nitrogens is 2. The number of para-hydroxylation sites is 2. The van der Waals surface area contributed by atoms with Gasteiger partial charge in [-0.25, -0.2) is 4.98 Å². The van der Waals surface area contributed by atoms with Gasteiger partial charge in [0.05, 0.1) is 11.0 Å². The molecular formula is C18H18ClN2-. The van der Waals surface area contributed by atoms with Crippen molar-refractivity contribution in [1.82, 2.24) is 9.55 Å². The Bertz CT molecular complexity index is 772. The van der Waals surface area contributed by atoms with Crippen LogP contribution in [0, 0.1) is 6.92 Å². The Balaban J connectivity index is 0.00000132. The van der Waals surface area contributed by atoms with Crippen LogP contribution >= 0.6 is 0 Å². The lowest BCUT2D eigenvalue weighted by atomic mass is 10.1. The zero-order valence-corrected chi connectivity index (χ0v) is 12.8. The average molecular weight is 298 g/mol. The normalized spacial score (nSPS) is 14.1. The number of rotatable bonds is 3. The van der Waals surface area contributed by atoms with Crippen LogP contribution in [0.15, 0.2) is 48.5 Å². The average Bonchev–Trinajstić information content (AvgIpc) is 3.23. The fraction of sp³-hybridized carbons (Fsp3) is 0.278. The Morgan fingerprint density at radius 2 is 1.90 bits per heavy atom. The van der Waals surface area contributed by atoms with Gasteiger partial charge in [-0.05, 0) is 37.5 Å². The van der Waals surface area contributed by atoms with E-state index in [1.165, 1.54) is 35.3 Å². The molecule has 0 bridgehead atoms. The van der Waals surface area contributed by atoms with Gasteiger partial charge in [0, 0.05) is 12.5 Å². The van der Waals surface area contributed by atoms with E-state index < -0.39 is 0 Å². The van der Waals surface area contributed by atoms with Crippen LogP contribution in [-0.2, 0) is 6.54 Å². The second-order valence-corrected chi connectivity index (χ2v) is 5.81. The molecule has 2 nitrogen and oxygen atoms in total. The first-order chi connectivity index (χ1) is 9.81. The Kier molecular flexibility index (Phi) is 3.73. The molecule has 3 heteroatoms. The molecule has 1 saturated carbocycles. The Hall–Kier alpha value is -1.80. The molecule has 3 aromatic rings. The maximum absolute atomic E-state index is 4.86. The van der Waals surface area contributed by atoms with Gasteiger partial charge in [0.1, 0.15) is 5.82 Å². The first kappa shape index (κ1) is 14.2. The molecule has 1 aromatic heterocycles. The monoisotopic (exact) mass is 297 g/mol. The number of aryl methyl sites for hydroxylation is 1. The van der Waals surface area contributed by atoms with Gasteiger partial charge in [-0.2, -0.15) is 0 Å². The molecule has 0 aliphatic heterocycles. The summed E-state index contributed by atoms with van der Waals surface area (Å²) in [7, 11) is 0. The van der Waals surface area contributed by atoms with Gasteiger partial charge in [0.25, 0.3) is 0 Å². The lowest BCUT2D eigenvalue weighted by molar-refractivity contribution is -0.00000413. The van der Waals surface area contributed by atoms with Crippen molar-refractivity contribution in [3.8, 4) is 0 Å². The van der Waals surface area contributed by atoms with Crippen LogP contribution in [0.1, 0.15) is 35.7 Å². The number of fused-ring (bicyclic) bond motifs is 1. The van der Waals surface area contributed by atoms with E-state index in [0.717, 1.165) is 12.1 Å². The molecule has 0 unspecified atom stereocenters. The highest BCUT2D eigenvalue weighted by atomic mass is 35.5. The highest BCUT2D eigenvalue weighted by molar-refractivity contribution is 5.76. The van der Waals surface area contributed by atoms with E-state index in [0.29, 0.717) is 5.92 Å². The minimum Gasteiger partial charge on any atom is -1.00 e. The number of halogens is 1. The Labute approximate surface area is 131 Å². The summed E-state index contributed by atoms with van der Waals surface area (Å²) in [4.78, 5) is 4.86. The molecule has 1 fully saturated rings. The van der Waals surface area contributed by atoms with E-state index in [-0.39, 0.29) is 12.4 Å². The molecule has 0 atom stereocenters. The third-order valence-corrected chi connectivity index (χ3v) is 4.05. The van der Waals surface area contributed by atoms with Crippen molar-refractivity contribution < 1.29 is 12.4 Å². The fourth-order valence-corrected chi connectivity index (χ4v) is 2.91. The summed E-state index contributed by atoms with van der Waals surface area (Å²) in [6.07, 6.45) is 2.58. The topological polar surface area (TPSA) is 17.8 Å². The quantitative estimate of drug-likeness (QED) is 0.712. The third-order valence-electron chi connectivity index (χ3n) is 4.05. The molecule has 1 heterocycles. The molecule has 0 amide bonds. The zero-order chi connectivity index (χ0) is 13.5. The summed E-state index contributed by atoms with van der Waals surface area (Å²) in [5, 5.41) is 0. The molecule has 0 radical (unpaired) electrons. The van der Waals surface area contributed by atoms with E-state index in [9.17, 15) is 0 Å². The number of hydrogen-bond donors (Lipinski definition) is 0. The van der Waals surface area contributed by atoms with Crippen LogP contribution in [0.4, 0.5) is 0 Å². The summed E-state index contributed by atoms with van der Waals surface area (Å²) in [5.74, 6) is 1.94. The maximum Gasteiger partial charge on any atom is 0.113 e. The molecule has 0 spiro atoms. The van der Waals surface area contributed by atoms with Crippen LogP contribution in [-0.4, -0.2) is 9.55 Å². The zero-order valence-electron chi connectivity index (χ0n) is 12.1. The van der Waals surface area contributed by atoms with E-state index in [1.807, 2.05) is 0 Å². The second-order valence-electron chi connectivity index (χ2n) is 5.81. The number of hydrogen-bond acceptors (Lipinski definition) is 1. The number of nitrogens with zero attached hydrogens (tertiary/aromatic N) is 2. The van der Waals surface area contributed by atoms with Crippen molar-refractivity contribution in [2.45, 2.75) is 32.2 Å². The van der Waals surface area contributed by atoms with Gasteiger partial charge in [-0.3, -0.25) is 0 Å². The van der Waals surface area contributed by atoms with Crippen LogP contribution in [0.5, 0.6) is 0 Å². The summed E-state index contributed by atoms with van der Waals surface area (Å²) < 4.78 is 2.40. The van der Waals surface area contributed by atoms with Crippen LogP contribution in [0.2, 0.25) is 0 Å². The molecular weight excluding hydrogens is 280 g/mol. The van der Waals surface area contributed by atoms with Crippen molar-refractivity contribution >= 4 is 11.0 Å². The summed E-state index contributed by atoms with van der Waals surface area (Å²) in [5.41, 5.74) is 5.06. The minimum absolute atomic E-state index is 0. The first-order valence-corrected chi connectivity index (χ1v) is 7.32. The van der Waals surface area contributed by atoms with Gasteiger partial charge in [-0.15, -0.1) is 0 Å². The standard InChI is InChI=1S/C18H18N2.ClH/c1-13-5-4-6-14(11-13)12-20-17-8-3-2-7-16(17)19-18(20)15-9-10-15;/h2-8,11,15H,9-10,12H2,1H3;1H/p-1. The van der Waals surface area contributed by atoms with Gasteiger partial charge in [-0.1, -0.05) is 42.0 Å². The summed E-state index contributed by atoms with van der Waals surface area (Å²) in [6, 6.07) is 17.2. The fourth-order valence-electron chi connectivity index (χ4n) is 2.91. The SMILES string of the molecule is Cc1cccc(Cn2c(C3CC3)nc3ccccc32)c1.[Cl-]. The smallest absolute Gasteiger partial charge is 0.113 e. The van der Waals surface area contributed by atoms with E-state index in [4.69, 9.17) is 4.98 Å². The second kappa shape index (κ2) is 5.53. The lowest BCUT2D eigenvalue weighted by Gasteiger charge is -2.09. The highest BCUT2D eigenvalue weighted by Crippen LogP contribution is 2.40. The van der Waals surface area contributed by atoms with Gasteiger partial charge < -0.3 is 17.0 Å². The Morgan fingerprint density at radius 1 is 1.10 bits per heavy atom. The van der Waals surface area contributed by atoms with Gasteiger partial charge >= 0.3 is 0 Å². The van der Waals surface area contributed by atoms with Crippen molar-refractivity contribution in [3.63, 3.8) is 0 Å². The molecule has 108 valence electrons. The summed E-state index contributed by atoms with van der Waals surface area (Å²) in [6.45, 7) is 3.07. The molecule has 1 aliphatic rings. The first-order valence-electron chi connectivity index (χ1n) is 7.32. The van der Waals surface area contributed by atoms with E-state index >= 15 is 0 Å². The highest BCUT2D eigenvalue weighted by Gasteiger charge is 2.29. The molecule has 1 aliphatic carbocycles. The van der Waals surface area contributed by atoms with Crippen molar-refractivity contribution in [3.05, 3.63) is 65.5 Å². The van der Waals surface area contributed by atoms with Gasteiger partial charge in [0.15, 0.2) is 0 Å². The molecule has 21 heavy (non-hydrogen) atoms. The van der Waals surface area contributed by atoms with Crippen LogP contribution in [0.25, 0.3) is 11.0 Å².